The van der Waals surface area contributed by atoms with Crippen LogP contribution in [0.1, 0.15) is 25.0 Å². The van der Waals surface area contributed by atoms with Gasteiger partial charge < -0.3 is 19.9 Å². The van der Waals surface area contributed by atoms with Crippen LogP contribution in [0.3, 0.4) is 0 Å². The second-order valence-corrected chi connectivity index (χ2v) is 8.47. The van der Waals surface area contributed by atoms with E-state index >= 15 is 0 Å². The number of benzene rings is 1. The minimum atomic E-state index is -5.03. The number of hydrogen-bond acceptors (Lipinski definition) is 7. The third-order valence-electron chi connectivity index (χ3n) is 5.59. The Bertz CT molecular complexity index is 1160. The van der Waals surface area contributed by atoms with Crippen molar-refractivity contribution in [3.63, 3.8) is 0 Å². The molecule has 1 N–H and O–H groups in total. The normalized spacial score (nSPS) is 16.5. The van der Waals surface area contributed by atoms with Crippen LogP contribution in [-0.2, 0) is 26.9 Å². The van der Waals surface area contributed by atoms with Crippen molar-refractivity contribution in [2.45, 2.75) is 38.7 Å². The largest absolute Gasteiger partial charge is 0.471 e. The molecule has 1 aromatic heterocycles. The lowest BCUT2D eigenvalue weighted by Crippen LogP contribution is -2.58. The standard InChI is InChI=1S/C22H22ClF6N5O3/c1-3-13-8-14(4-5-17(13)31-20-30-9-16(18(23)32-20)21(24,25)26)34-7-6-33(19(36)22(27,28)29)10-15(34)11-37-12(2)35/h4-5,8-9,15H,3,6-7,10-11H2,1-2H3,(H,30,31,32). The van der Waals surface area contributed by atoms with Gasteiger partial charge in [-0.15, -0.1) is 0 Å². The molecule has 2 aromatic rings. The van der Waals surface area contributed by atoms with E-state index in [4.69, 9.17) is 16.3 Å². The van der Waals surface area contributed by atoms with Gasteiger partial charge in [-0.25, -0.2) is 9.97 Å². The summed E-state index contributed by atoms with van der Waals surface area (Å²) in [7, 11) is 0. The van der Waals surface area contributed by atoms with Gasteiger partial charge in [0.2, 0.25) is 5.95 Å². The van der Waals surface area contributed by atoms with Gasteiger partial charge in [-0.2, -0.15) is 26.3 Å². The van der Waals surface area contributed by atoms with Crippen LogP contribution >= 0.6 is 11.6 Å². The number of nitrogens with zero attached hydrogens (tertiary/aromatic N) is 4. The van der Waals surface area contributed by atoms with E-state index in [0.717, 1.165) is 6.92 Å². The minimum absolute atomic E-state index is 0.0430. The highest BCUT2D eigenvalue weighted by Gasteiger charge is 2.45. The summed E-state index contributed by atoms with van der Waals surface area (Å²) < 4.78 is 82.6. The zero-order chi connectivity index (χ0) is 27.5. The Labute approximate surface area is 212 Å². The molecule has 8 nitrogen and oxygen atoms in total. The van der Waals surface area contributed by atoms with E-state index < -0.39 is 41.0 Å². The van der Waals surface area contributed by atoms with Crippen LogP contribution in [0, 0.1) is 0 Å². The van der Waals surface area contributed by atoms with Gasteiger partial charge >= 0.3 is 24.2 Å². The number of amides is 1. The molecular weight excluding hydrogens is 532 g/mol. The van der Waals surface area contributed by atoms with Gasteiger partial charge in [0.25, 0.3) is 0 Å². The summed E-state index contributed by atoms with van der Waals surface area (Å²) in [5, 5.41) is 2.06. The van der Waals surface area contributed by atoms with Gasteiger partial charge in [-0.3, -0.25) is 9.59 Å². The van der Waals surface area contributed by atoms with Crippen LogP contribution in [-0.4, -0.2) is 65.2 Å². The van der Waals surface area contributed by atoms with E-state index in [9.17, 15) is 35.9 Å². The molecule has 1 atom stereocenters. The molecule has 0 aliphatic carbocycles. The van der Waals surface area contributed by atoms with Crippen LogP contribution in [0.4, 0.5) is 43.7 Å². The van der Waals surface area contributed by atoms with Gasteiger partial charge in [0.15, 0.2) is 0 Å². The average molecular weight is 554 g/mol. The lowest BCUT2D eigenvalue weighted by atomic mass is 10.1. The Hall–Kier alpha value is -3.29. The fraction of sp³-hybridized carbons (Fsp3) is 0.455. The quantitative estimate of drug-likeness (QED) is 0.318. The van der Waals surface area contributed by atoms with Gasteiger partial charge in [0.1, 0.15) is 17.3 Å². The van der Waals surface area contributed by atoms with Crippen LogP contribution in [0.5, 0.6) is 0 Å². The number of piperazine rings is 1. The molecule has 0 radical (unpaired) electrons. The first-order valence-electron chi connectivity index (χ1n) is 11.0. The topological polar surface area (TPSA) is 87.7 Å². The van der Waals surface area contributed by atoms with Gasteiger partial charge in [-0.1, -0.05) is 18.5 Å². The lowest BCUT2D eigenvalue weighted by molar-refractivity contribution is -0.186. The predicted molar refractivity (Wildman–Crippen MR) is 122 cm³/mol. The third-order valence-corrected chi connectivity index (χ3v) is 5.88. The second-order valence-electron chi connectivity index (χ2n) is 8.11. The molecule has 202 valence electrons. The molecule has 1 aliphatic heterocycles. The molecule has 15 heteroatoms. The predicted octanol–water partition coefficient (Wildman–Crippen LogP) is 4.60. The Morgan fingerprint density at radius 2 is 1.89 bits per heavy atom. The van der Waals surface area contributed by atoms with Crippen LogP contribution in [0.2, 0.25) is 5.15 Å². The van der Waals surface area contributed by atoms with Crippen molar-refractivity contribution in [1.29, 1.82) is 0 Å². The summed E-state index contributed by atoms with van der Waals surface area (Å²) in [6.45, 7) is 2.27. The molecule has 1 saturated heterocycles. The number of halogens is 7. The molecule has 3 rings (SSSR count). The number of aryl methyl sites for hydroxylation is 1. The number of carbonyl (C=O) groups excluding carboxylic acids is 2. The van der Waals surface area contributed by atoms with Crippen molar-refractivity contribution in [3.05, 3.63) is 40.7 Å². The molecule has 0 spiro atoms. The molecule has 1 fully saturated rings. The number of anilines is 3. The van der Waals surface area contributed by atoms with Gasteiger partial charge in [-0.05, 0) is 30.2 Å². The van der Waals surface area contributed by atoms with E-state index in [1.807, 2.05) is 6.92 Å². The zero-order valence-electron chi connectivity index (χ0n) is 19.6. The van der Waals surface area contributed by atoms with Crippen molar-refractivity contribution in [3.8, 4) is 0 Å². The van der Waals surface area contributed by atoms with Gasteiger partial charge in [0.05, 0.1) is 6.04 Å². The number of carbonyl (C=O) groups is 2. The molecule has 37 heavy (non-hydrogen) atoms. The zero-order valence-corrected chi connectivity index (χ0v) is 20.3. The highest BCUT2D eigenvalue weighted by atomic mass is 35.5. The van der Waals surface area contributed by atoms with E-state index in [-0.39, 0.29) is 32.2 Å². The maximum absolute atomic E-state index is 13.0. The van der Waals surface area contributed by atoms with Crippen molar-refractivity contribution in [2.75, 3.05) is 36.5 Å². The van der Waals surface area contributed by atoms with Crippen molar-refractivity contribution >= 4 is 40.8 Å². The fourth-order valence-electron chi connectivity index (χ4n) is 3.82. The Morgan fingerprint density at radius 3 is 2.46 bits per heavy atom. The number of nitrogens with one attached hydrogen (secondary N) is 1. The molecule has 1 aliphatic rings. The summed E-state index contributed by atoms with van der Waals surface area (Å²) in [5.74, 6) is -2.75. The summed E-state index contributed by atoms with van der Waals surface area (Å²) >= 11 is 5.66. The number of hydrogen-bond donors (Lipinski definition) is 1. The van der Waals surface area contributed by atoms with E-state index in [0.29, 0.717) is 34.5 Å². The number of esters is 1. The monoisotopic (exact) mass is 553 g/mol. The summed E-state index contributed by atoms with van der Waals surface area (Å²) in [6, 6.07) is 4.23. The summed E-state index contributed by atoms with van der Waals surface area (Å²) in [5.41, 5.74) is 0.583. The summed E-state index contributed by atoms with van der Waals surface area (Å²) in [4.78, 5) is 32.8. The maximum atomic E-state index is 13.0. The first kappa shape index (κ1) is 28.3. The van der Waals surface area contributed by atoms with E-state index in [2.05, 4.69) is 15.3 Å². The van der Waals surface area contributed by atoms with E-state index in [1.165, 1.54) is 0 Å². The first-order chi connectivity index (χ1) is 17.2. The second kappa shape index (κ2) is 11.0. The van der Waals surface area contributed by atoms with Crippen LogP contribution in [0.25, 0.3) is 0 Å². The SMILES string of the molecule is CCc1cc(N2CCN(C(=O)C(F)(F)F)CC2COC(C)=O)ccc1Nc1ncc(C(F)(F)F)c(Cl)n1. The summed E-state index contributed by atoms with van der Waals surface area (Å²) in [6.07, 6.45) is -8.70. The highest BCUT2D eigenvalue weighted by Crippen LogP contribution is 2.34. The lowest BCUT2D eigenvalue weighted by Gasteiger charge is -2.42. The van der Waals surface area contributed by atoms with Crippen LogP contribution in [0.15, 0.2) is 24.4 Å². The van der Waals surface area contributed by atoms with Crippen molar-refractivity contribution in [1.82, 2.24) is 14.9 Å². The molecule has 0 saturated carbocycles. The fourth-order valence-corrected chi connectivity index (χ4v) is 4.06. The number of alkyl halides is 6. The molecule has 0 bridgehead atoms. The number of rotatable bonds is 6. The molecule has 1 unspecified atom stereocenters. The average Bonchev–Trinajstić information content (AvgIpc) is 2.81. The smallest absolute Gasteiger partial charge is 0.464 e. The molecular formula is C22H22ClF6N5O3. The number of ether oxygens (including phenoxy) is 1. The van der Waals surface area contributed by atoms with Crippen molar-refractivity contribution < 1.29 is 40.7 Å². The first-order valence-corrected chi connectivity index (χ1v) is 11.3. The van der Waals surface area contributed by atoms with Crippen molar-refractivity contribution in [2.24, 2.45) is 0 Å². The Kier molecular flexibility index (Phi) is 8.40. The molecule has 1 aromatic carbocycles. The molecule has 1 amide bonds. The minimum Gasteiger partial charge on any atom is -0.464 e. The maximum Gasteiger partial charge on any atom is 0.471 e. The number of aromatic nitrogens is 2. The molecule has 2 heterocycles. The van der Waals surface area contributed by atoms with Crippen LogP contribution < -0.4 is 10.2 Å². The van der Waals surface area contributed by atoms with E-state index in [1.54, 1.807) is 23.1 Å². The Balaban J connectivity index is 1.85. The third kappa shape index (κ3) is 6.93. The van der Waals surface area contributed by atoms with Gasteiger partial charge in [0, 0.05) is 44.1 Å². The Morgan fingerprint density at radius 1 is 1.19 bits per heavy atom. The highest BCUT2D eigenvalue weighted by molar-refractivity contribution is 6.30.